The predicted octanol–water partition coefficient (Wildman–Crippen LogP) is 4.41. The van der Waals surface area contributed by atoms with Crippen LogP contribution in [0.15, 0.2) is 42.9 Å². The maximum absolute atomic E-state index is 12.7. The zero-order valence-corrected chi connectivity index (χ0v) is 15.6. The van der Waals surface area contributed by atoms with Crippen molar-refractivity contribution in [2.45, 2.75) is 12.6 Å². The van der Waals surface area contributed by atoms with Crippen LogP contribution in [0, 0.1) is 0 Å². The Kier molecular flexibility index (Phi) is 4.97. The molecule has 0 unspecified atom stereocenters. The van der Waals surface area contributed by atoms with Crippen LogP contribution in [0.1, 0.15) is 12.0 Å². The summed E-state index contributed by atoms with van der Waals surface area (Å²) in [6.45, 7) is 2.81. The zero-order chi connectivity index (χ0) is 19.7. The molecule has 3 aromatic rings. The molecule has 5 nitrogen and oxygen atoms in total. The second-order valence-corrected chi connectivity index (χ2v) is 7.03. The molecule has 1 aliphatic rings. The van der Waals surface area contributed by atoms with Crippen LogP contribution >= 0.6 is 11.6 Å². The van der Waals surface area contributed by atoms with Crippen molar-refractivity contribution in [1.29, 1.82) is 0 Å². The minimum atomic E-state index is -4.38. The van der Waals surface area contributed by atoms with E-state index in [1.165, 1.54) is 12.4 Å². The van der Waals surface area contributed by atoms with Crippen molar-refractivity contribution < 1.29 is 13.2 Å². The Labute approximate surface area is 164 Å². The van der Waals surface area contributed by atoms with Gasteiger partial charge >= 0.3 is 6.18 Å². The molecular weight excluding hydrogens is 391 g/mol. The van der Waals surface area contributed by atoms with Crippen LogP contribution in [0.4, 0.5) is 24.8 Å². The largest absolute Gasteiger partial charge is 0.417 e. The molecule has 146 valence electrons. The molecule has 0 radical (unpaired) electrons. The molecule has 0 N–H and O–H groups in total. The van der Waals surface area contributed by atoms with E-state index < -0.39 is 11.7 Å². The summed E-state index contributed by atoms with van der Waals surface area (Å²) in [6.07, 6.45) is -1.13. The van der Waals surface area contributed by atoms with Crippen LogP contribution < -0.4 is 9.80 Å². The molecule has 0 aliphatic carbocycles. The zero-order valence-electron chi connectivity index (χ0n) is 14.8. The molecule has 4 rings (SSSR count). The standard InChI is InChI=1S/C19H17ClF3N5/c20-14-3-4-15-16(10-14)25-12-26-18(15)28-7-1-6-27(8-9-28)17-5-2-13(11-24-17)19(21,22)23/h2-5,10-12H,1,6-9H2. The second kappa shape index (κ2) is 7.43. The Hall–Kier alpha value is -2.61. The lowest BCUT2D eigenvalue weighted by molar-refractivity contribution is -0.137. The van der Waals surface area contributed by atoms with Gasteiger partial charge in [0, 0.05) is 42.8 Å². The minimum Gasteiger partial charge on any atom is -0.355 e. The number of rotatable bonds is 2. The number of halogens is 4. The Morgan fingerprint density at radius 1 is 0.893 bits per heavy atom. The summed E-state index contributed by atoms with van der Waals surface area (Å²) in [5.41, 5.74) is 0.0434. The second-order valence-electron chi connectivity index (χ2n) is 6.59. The molecule has 1 aromatic carbocycles. The smallest absolute Gasteiger partial charge is 0.355 e. The average molecular weight is 408 g/mol. The fourth-order valence-electron chi connectivity index (χ4n) is 3.37. The number of hydrogen-bond acceptors (Lipinski definition) is 5. The maximum Gasteiger partial charge on any atom is 0.417 e. The predicted molar refractivity (Wildman–Crippen MR) is 103 cm³/mol. The van der Waals surface area contributed by atoms with E-state index in [4.69, 9.17) is 11.6 Å². The lowest BCUT2D eigenvalue weighted by Gasteiger charge is -2.24. The summed E-state index contributed by atoms with van der Waals surface area (Å²) < 4.78 is 38.2. The molecule has 0 atom stereocenters. The first kappa shape index (κ1) is 18.7. The summed E-state index contributed by atoms with van der Waals surface area (Å²) in [4.78, 5) is 16.9. The van der Waals surface area contributed by atoms with E-state index in [2.05, 4.69) is 19.9 Å². The first-order valence-electron chi connectivity index (χ1n) is 8.85. The third kappa shape index (κ3) is 3.82. The van der Waals surface area contributed by atoms with Crippen LogP contribution in [0.3, 0.4) is 0 Å². The fraction of sp³-hybridized carbons (Fsp3) is 0.316. The fourth-order valence-corrected chi connectivity index (χ4v) is 3.53. The topological polar surface area (TPSA) is 45.2 Å². The van der Waals surface area contributed by atoms with Crippen LogP contribution in [-0.2, 0) is 6.18 Å². The monoisotopic (exact) mass is 407 g/mol. The molecule has 0 bridgehead atoms. The van der Waals surface area contributed by atoms with E-state index in [0.29, 0.717) is 30.5 Å². The quantitative estimate of drug-likeness (QED) is 0.629. The van der Waals surface area contributed by atoms with Crippen molar-refractivity contribution >= 4 is 34.1 Å². The van der Waals surface area contributed by atoms with Crippen LogP contribution in [0.2, 0.25) is 5.02 Å². The lowest BCUT2D eigenvalue weighted by atomic mass is 10.2. The molecule has 0 amide bonds. The summed E-state index contributed by atoms with van der Waals surface area (Å²) in [7, 11) is 0. The normalized spacial score (nSPS) is 15.7. The molecule has 1 fully saturated rings. The summed E-state index contributed by atoms with van der Waals surface area (Å²) in [5.74, 6) is 1.39. The lowest BCUT2D eigenvalue weighted by Crippen LogP contribution is -2.31. The molecule has 2 aromatic heterocycles. The molecule has 0 spiro atoms. The number of aromatic nitrogens is 3. The van der Waals surface area contributed by atoms with E-state index in [0.717, 1.165) is 41.9 Å². The molecule has 9 heteroatoms. The van der Waals surface area contributed by atoms with E-state index in [1.807, 2.05) is 17.0 Å². The van der Waals surface area contributed by atoms with Gasteiger partial charge in [0.2, 0.25) is 0 Å². The summed E-state index contributed by atoms with van der Waals surface area (Å²) >= 11 is 6.05. The van der Waals surface area contributed by atoms with Crippen molar-refractivity contribution in [2.24, 2.45) is 0 Å². The number of hydrogen-bond donors (Lipinski definition) is 0. The highest BCUT2D eigenvalue weighted by Crippen LogP contribution is 2.30. The van der Waals surface area contributed by atoms with Gasteiger partial charge in [0.15, 0.2) is 0 Å². The number of fused-ring (bicyclic) bond motifs is 1. The first-order valence-corrected chi connectivity index (χ1v) is 9.23. The Bertz CT molecular complexity index is 977. The van der Waals surface area contributed by atoms with Crippen molar-refractivity contribution in [3.05, 3.63) is 53.4 Å². The van der Waals surface area contributed by atoms with Crippen molar-refractivity contribution in [3.8, 4) is 0 Å². The summed E-state index contributed by atoms with van der Waals surface area (Å²) in [5, 5.41) is 1.54. The van der Waals surface area contributed by atoms with Gasteiger partial charge in [-0.15, -0.1) is 0 Å². The number of anilines is 2. The maximum atomic E-state index is 12.7. The van der Waals surface area contributed by atoms with Gasteiger partial charge in [-0.25, -0.2) is 15.0 Å². The third-order valence-corrected chi connectivity index (χ3v) is 5.01. The Balaban J connectivity index is 1.53. The highest BCUT2D eigenvalue weighted by Gasteiger charge is 2.31. The molecular formula is C19H17ClF3N5. The first-order chi connectivity index (χ1) is 13.4. The highest BCUT2D eigenvalue weighted by atomic mass is 35.5. The summed E-state index contributed by atoms with van der Waals surface area (Å²) in [6, 6.07) is 8.03. The minimum absolute atomic E-state index is 0.550. The third-order valence-electron chi connectivity index (χ3n) is 4.77. The van der Waals surface area contributed by atoms with Crippen molar-refractivity contribution in [2.75, 3.05) is 36.0 Å². The molecule has 28 heavy (non-hydrogen) atoms. The average Bonchev–Trinajstić information content (AvgIpc) is 2.93. The van der Waals surface area contributed by atoms with Crippen LogP contribution in [0.5, 0.6) is 0 Å². The highest BCUT2D eigenvalue weighted by molar-refractivity contribution is 6.31. The molecule has 3 heterocycles. The van der Waals surface area contributed by atoms with E-state index in [9.17, 15) is 13.2 Å². The van der Waals surface area contributed by atoms with Crippen LogP contribution in [0.25, 0.3) is 10.9 Å². The Morgan fingerprint density at radius 2 is 1.68 bits per heavy atom. The van der Waals surface area contributed by atoms with E-state index in [-0.39, 0.29) is 0 Å². The van der Waals surface area contributed by atoms with Gasteiger partial charge in [0.1, 0.15) is 18.0 Å². The number of pyridine rings is 1. The molecule has 1 saturated heterocycles. The van der Waals surface area contributed by atoms with E-state index >= 15 is 0 Å². The molecule has 1 aliphatic heterocycles. The van der Waals surface area contributed by atoms with Gasteiger partial charge in [-0.2, -0.15) is 13.2 Å². The van der Waals surface area contributed by atoms with Gasteiger partial charge < -0.3 is 9.80 Å². The number of nitrogens with zero attached hydrogens (tertiary/aromatic N) is 5. The van der Waals surface area contributed by atoms with Crippen molar-refractivity contribution in [1.82, 2.24) is 15.0 Å². The SMILES string of the molecule is FC(F)(F)c1ccc(N2CCCN(c3ncnc4cc(Cl)ccc34)CC2)nc1. The van der Waals surface area contributed by atoms with Gasteiger partial charge in [-0.1, -0.05) is 11.6 Å². The van der Waals surface area contributed by atoms with Gasteiger partial charge in [0.25, 0.3) is 0 Å². The number of alkyl halides is 3. The molecule has 0 saturated carbocycles. The van der Waals surface area contributed by atoms with Gasteiger partial charge in [0.05, 0.1) is 11.1 Å². The van der Waals surface area contributed by atoms with E-state index in [1.54, 1.807) is 6.07 Å². The van der Waals surface area contributed by atoms with Gasteiger partial charge in [-0.05, 0) is 36.8 Å². The van der Waals surface area contributed by atoms with Crippen LogP contribution in [-0.4, -0.2) is 41.1 Å². The van der Waals surface area contributed by atoms with Gasteiger partial charge in [-0.3, -0.25) is 0 Å². The number of benzene rings is 1. The van der Waals surface area contributed by atoms with Crippen molar-refractivity contribution in [3.63, 3.8) is 0 Å². The Morgan fingerprint density at radius 3 is 2.43 bits per heavy atom.